The van der Waals surface area contributed by atoms with E-state index in [1.165, 1.54) is 28.0 Å². The molecule has 0 spiro atoms. The van der Waals surface area contributed by atoms with Gasteiger partial charge in [0.05, 0.1) is 5.75 Å². The second kappa shape index (κ2) is 9.72. The molecule has 0 aliphatic carbocycles. The third-order valence-electron chi connectivity index (χ3n) is 3.63. The van der Waals surface area contributed by atoms with Gasteiger partial charge < -0.3 is 15.5 Å². The molecular formula is C18H21N5OS3. The van der Waals surface area contributed by atoms with Crippen LogP contribution < -0.4 is 15.5 Å². The Balaban J connectivity index is 1.40. The molecule has 1 aromatic carbocycles. The highest BCUT2D eigenvalue weighted by Crippen LogP contribution is 2.25. The van der Waals surface area contributed by atoms with E-state index in [4.69, 9.17) is 0 Å². The standard InChI is InChI=1S/C18H21N5OS3/c1-23(2)14-7-5-13(6-8-14)20-16(24)12-26-18-22-21-17(27-18)19-10-9-15-4-3-11-25-15/h3-8,11H,9-10,12H2,1-2H3,(H,19,21)(H,20,24). The lowest BCUT2D eigenvalue weighted by molar-refractivity contribution is -0.113. The number of carbonyl (C=O) groups is 1. The molecule has 0 fully saturated rings. The lowest BCUT2D eigenvalue weighted by atomic mass is 10.2. The third kappa shape index (κ3) is 6.23. The van der Waals surface area contributed by atoms with Gasteiger partial charge in [-0.1, -0.05) is 29.2 Å². The predicted molar refractivity (Wildman–Crippen MR) is 117 cm³/mol. The van der Waals surface area contributed by atoms with Crippen molar-refractivity contribution in [1.29, 1.82) is 0 Å². The fourth-order valence-corrected chi connectivity index (χ4v) is 4.54. The maximum Gasteiger partial charge on any atom is 0.234 e. The molecule has 0 saturated heterocycles. The van der Waals surface area contributed by atoms with Crippen molar-refractivity contribution < 1.29 is 4.79 Å². The Kier molecular flexibility index (Phi) is 7.08. The second-order valence-corrected chi connectivity index (χ2v) is 9.14. The summed E-state index contributed by atoms with van der Waals surface area (Å²) in [6.45, 7) is 0.823. The van der Waals surface area contributed by atoms with Gasteiger partial charge in [-0.2, -0.15) is 0 Å². The van der Waals surface area contributed by atoms with Crippen molar-refractivity contribution in [2.24, 2.45) is 0 Å². The van der Waals surface area contributed by atoms with E-state index in [2.05, 4.69) is 38.3 Å². The van der Waals surface area contributed by atoms with Crippen molar-refractivity contribution in [2.45, 2.75) is 10.8 Å². The normalized spacial score (nSPS) is 10.6. The van der Waals surface area contributed by atoms with E-state index in [1.54, 1.807) is 11.3 Å². The number of nitrogens with one attached hydrogen (secondary N) is 2. The number of carbonyl (C=O) groups excluding carboxylic acids is 1. The number of benzene rings is 1. The summed E-state index contributed by atoms with van der Waals surface area (Å²) in [5.74, 6) is 0.249. The van der Waals surface area contributed by atoms with Crippen molar-refractivity contribution in [2.75, 3.05) is 41.9 Å². The van der Waals surface area contributed by atoms with Crippen molar-refractivity contribution in [3.63, 3.8) is 0 Å². The number of thiophene rings is 1. The fourth-order valence-electron chi connectivity index (χ4n) is 2.25. The molecule has 0 unspecified atom stereocenters. The third-order valence-corrected chi connectivity index (χ3v) is 6.58. The van der Waals surface area contributed by atoms with Crippen molar-refractivity contribution in [3.05, 3.63) is 46.7 Å². The average molecular weight is 420 g/mol. The molecule has 6 nitrogen and oxygen atoms in total. The molecular weight excluding hydrogens is 398 g/mol. The lowest BCUT2D eigenvalue weighted by Crippen LogP contribution is -2.14. The molecule has 0 saturated carbocycles. The Morgan fingerprint density at radius 3 is 2.70 bits per heavy atom. The smallest absolute Gasteiger partial charge is 0.234 e. The van der Waals surface area contributed by atoms with E-state index in [-0.39, 0.29) is 5.91 Å². The zero-order chi connectivity index (χ0) is 19.1. The number of aromatic nitrogens is 2. The first-order chi connectivity index (χ1) is 13.1. The van der Waals surface area contributed by atoms with Crippen molar-refractivity contribution in [1.82, 2.24) is 10.2 Å². The van der Waals surface area contributed by atoms with E-state index < -0.39 is 0 Å². The Morgan fingerprint density at radius 2 is 2.00 bits per heavy atom. The summed E-state index contributed by atoms with van der Waals surface area (Å²) in [6.07, 6.45) is 0.967. The van der Waals surface area contributed by atoms with Gasteiger partial charge in [0, 0.05) is 36.9 Å². The molecule has 1 amide bonds. The predicted octanol–water partition coefficient (Wildman–Crippen LogP) is 4.05. The molecule has 2 N–H and O–H groups in total. The van der Waals surface area contributed by atoms with E-state index >= 15 is 0 Å². The fraction of sp³-hybridized carbons (Fsp3) is 0.278. The maximum absolute atomic E-state index is 12.1. The van der Waals surface area contributed by atoms with E-state index in [1.807, 2.05) is 43.3 Å². The van der Waals surface area contributed by atoms with Crippen LogP contribution >= 0.6 is 34.4 Å². The summed E-state index contributed by atoms with van der Waals surface area (Å²) in [7, 11) is 3.97. The van der Waals surface area contributed by atoms with Crippen LogP contribution in [0, 0.1) is 0 Å². The van der Waals surface area contributed by atoms with Crippen molar-refractivity contribution in [3.8, 4) is 0 Å². The van der Waals surface area contributed by atoms with Crippen LogP contribution in [0.4, 0.5) is 16.5 Å². The maximum atomic E-state index is 12.1. The molecule has 0 aliphatic rings. The summed E-state index contributed by atoms with van der Waals surface area (Å²) in [6, 6.07) is 11.9. The zero-order valence-electron chi connectivity index (χ0n) is 15.1. The number of nitrogens with zero attached hydrogens (tertiary/aromatic N) is 3. The number of hydrogen-bond acceptors (Lipinski definition) is 8. The van der Waals surface area contributed by atoms with Gasteiger partial charge in [0.1, 0.15) is 0 Å². The molecule has 142 valence electrons. The summed E-state index contributed by atoms with van der Waals surface area (Å²) in [4.78, 5) is 15.5. The van der Waals surface area contributed by atoms with Gasteiger partial charge in [-0.05, 0) is 42.1 Å². The summed E-state index contributed by atoms with van der Waals surface area (Å²) < 4.78 is 0.784. The minimum atomic E-state index is -0.0555. The Hall–Kier alpha value is -2.10. The average Bonchev–Trinajstić information content (AvgIpc) is 3.32. The minimum absolute atomic E-state index is 0.0555. The first-order valence-electron chi connectivity index (χ1n) is 8.40. The second-order valence-electron chi connectivity index (χ2n) is 5.91. The molecule has 9 heteroatoms. The van der Waals surface area contributed by atoms with Crippen LogP contribution in [-0.2, 0) is 11.2 Å². The van der Waals surface area contributed by atoms with E-state index in [0.29, 0.717) is 5.75 Å². The molecule has 0 bridgehead atoms. The zero-order valence-corrected chi connectivity index (χ0v) is 17.6. The number of anilines is 3. The molecule has 3 aromatic rings. The monoisotopic (exact) mass is 419 g/mol. The number of rotatable bonds is 9. The number of hydrogen-bond donors (Lipinski definition) is 2. The van der Waals surface area contributed by atoms with Gasteiger partial charge in [0.25, 0.3) is 0 Å². The summed E-state index contributed by atoms with van der Waals surface area (Å²) >= 11 is 4.62. The molecule has 0 radical (unpaired) electrons. The van der Waals surface area contributed by atoms with Crippen LogP contribution in [0.3, 0.4) is 0 Å². The Bertz CT molecular complexity index is 846. The van der Waals surface area contributed by atoms with Crippen LogP contribution in [0.2, 0.25) is 0 Å². The Labute approximate surface area is 171 Å². The van der Waals surface area contributed by atoms with Gasteiger partial charge in [0.15, 0.2) is 4.34 Å². The highest BCUT2D eigenvalue weighted by atomic mass is 32.2. The van der Waals surface area contributed by atoms with Crippen LogP contribution in [0.1, 0.15) is 4.88 Å². The van der Waals surface area contributed by atoms with Crippen LogP contribution in [-0.4, -0.2) is 42.5 Å². The highest BCUT2D eigenvalue weighted by Gasteiger charge is 2.09. The van der Waals surface area contributed by atoms with E-state index in [0.717, 1.165) is 33.8 Å². The molecule has 3 rings (SSSR count). The van der Waals surface area contributed by atoms with Crippen LogP contribution in [0.5, 0.6) is 0 Å². The van der Waals surface area contributed by atoms with Gasteiger partial charge in [-0.15, -0.1) is 21.5 Å². The quantitative estimate of drug-likeness (QED) is 0.510. The molecule has 2 aromatic heterocycles. The van der Waals surface area contributed by atoms with Crippen LogP contribution in [0.25, 0.3) is 0 Å². The minimum Gasteiger partial charge on any atom is -0.378 e. The number of amides is 1. The Morgan fingerprint density at radius 1 is 1.19 bits per heavy atom. The SMILES string of the molecule is CN(C)c1ccc(NC(=O)CSc2nnc(NCCc3cccs3)s2)cc1. The number of thioether (sulfide) groups is 1. The lowest BCUT2D eigenvalue weighted by Gasteiger charge is -2.12. The van der Waals surface area contributed by atoms with Crippen LogP contribution in [0.15, 0.2) is 46.1 Å². The summed E-state index contributed by atoms with van der Waals surface area (Å²) in [5, 5.41) is 17.3. The summed E-state index contributed by atoms with van der Waals surface area (Å²) in [5.41, 5.74) is 1.88. The van der Waals surface area contributed by atoms with Gasteiger partial charge in [-0.3, -0.25) is 4.79 Å². The van der Waals surface area contributed by atoms with Gasteiger partial charge in [0.2, 0.25) is 11.0 Å². The molecule has 2 heterocycles. The van der Waals surface area contributed by atoms with Gasteiger partial charge in [-0.25, -0.2) is 0 Å². The first kappa shape index (κ1) is 19.7. The van der Waals surface area contributed by atoms with Crippen molar-refractivity contribution >= 4 is 56.8 Å². The van der Waals surface area contributed by atoms with E-state index in [9.17, 15) is 4.79 Å². The molecule has 27 heavy (non-hydrogen) atoms. The molecule has 0 atom stereocenters. The highest BCUT2D eigenvalue weighted by molar-refractivity contribution is 8.01. The first-order valence-corrected chi connectivity index (χ1v) is 11.1. The largest absolute Gasteiger partial charge is 0.378 e. The molecule has 0 aliphatic heterocycles. The topological polar surface area (TPSA) is 70.2 Å². The van der Waals surface area contributed by atoms with Gasteiger partial charge >= 0.3 is 0 Å².